The van der Waals surface area contributed by atoms with Crippen molar-refractivity contribution in [3.8, 4) is 33.8 Å². The van der Waals surface area contributed by atoms with Crippen molar-refractivity contribution in [1.82, 2.24) is 0 Å². The highest BCUT2D eigenvalue weighted by Gasteiger charge is 2.32. The molecule has 4 rings (SSSR count). The van der Waals surface area contributed by atoms with Crippen LogP contribution < -0.4 is 19.3 Å². The highest BCUT2D eigenvalue weighted by molar-refractivity contribution is 5.82. The standard InChI is InChI=1S/C16H15F3N2O3.C15H13F3N2O3/c1-10-8-15(20(2)3)13(9-14(10)21(22)23)11-4-6-12(7-5-11)24-16(17,18)19;1-19(2)14-8-5-11(20(21)22)9-13(14)10-3-6-12(7-4-10)23-15(16,17)18/h4-9H,1-3H3;3-9H,1-2H3. The number of anilines is 2. The first kappa shape index (κ1) is 35.9. The van der Waals surface area contributed by atoms with Gasteiger partial charge in [0, 0.05) is 74.5 Å². The summed E-state index contributed by atoms with van der Waals surface area (Å²) in [6.07, 6.45) is -9.53. The molecule has 0 radical (unpaired) electrons. The Bertz CT molecular complexity index is 1730. The topological polar surface area (TPSA) is 111 Å². The number of nitrogens with zero attached hydrogens (tertiary/aromatic N) is 4. The molecule has 4 aromatic rings. The monoisotopic (exact) mass is 666 g/mol. The van der Waals surface area contributed by atoms with E-state index in [9.17, 15) is 46.6 Å². The lowest BCUT2D eigenvalue weighted by atomic mass is 9.99. The molecule has 0 aromatic heterocycles. The van der Waals surface area contributed by atoms with E-state index in [-0.39, 0.29) is 22.9 Å². The molecule has 0 atom stereocenters. The highest BCUT2D eigenvalue weighted by atomic mass is 19.4. The van der Waals surface area contributed by atoms with E-state index in [4.69, 9.17) is 0 Å². The summed E-state index contributed by atoms with van der Waals surface area (Å²) >= 11 is 0. The van der Waals surface area contributed by atoms with Crippen LogP contribution in [0.4, 0.5) is 49.1 Å². The van der Waals surface area contributed by atoms with Crippen molar-refractivity contribution in [3.05, 3.63) is 105 Å². The molecule has 47 heavy (non-hydrogen) atoms. The minimum absolute atomic E-state index is 0.0498. The van der Waals surface area contributed by atoms with Gasteiger partial charge in [0.1, 0.15) is 11.5 Å². The van der Waals surface area contributed by atoms with Gasteiger partial charge in [0.15, 0.2) is 0 Å². The molecule has 4 aromatic carbocycles. The van der Waals surface area contributed by atoms with Crippen LogP contribution in [0.25, 0.3) is 22.3 Å². The zero-order chi connectivity index (χ0) is 35.3. The first-order chi connectivity index (χ1) is 21.8. The Balaban J connectivity index is 0.000000256. The Kier molecular flexibility index (Phi) is 10.9. The first-order valence-corrected chi connectivity index (χ1v) is 13.4. The Labute approximate surface area is 264 Å². The molecule has 0 spiro atoms. The van der Waals surface area contributed by atoms with E-state index in [0.29, 0.717) is 33.5 Å². The van der Waals surface area contributed by atoms with Crippen LogP contribution in [0.3, 0.4) is 0 Å². The Hall–Kier alpha value is -5.54. The average molecular weight is 667 g/mol. The number of aryl methyl sites for hydroxylation is 1. The molecular formula is C31H28F6N4O6. The van der Waals surface area contributed by atoms with Gasteiger partial charge in [-0.15, -0.1) is 26.3 Å². The van der Waals surface area contributed by atoms with E-state index in [1.807, 2.05) is 0 Å². The molecule has 0 aliphatic heterocycles. The van der Waals surface area contributed by atoms with Crippen LogP contribution >= 0.6 is 0 Å². The van der Waals surface area contributed by atoms with E-state index < -0.39 is 22.6 Å². The number of ether oxygens (including phenoxy) is 2. The van der Waals surface area contributed by atoms with Gasteiger partial charge in [0.2, 0.25) is 0 Å². The largest absolute Gasteiger partial charge is 0.573 e. The molecule has 250 valence electrons. The van der Waals surface area contributed by atoms with Crippen LogP contribution in [0.5, 0.6) is 11.5 Å². The van der Waals surface area contributed by atoms with E-state index in [1.54, 1.807) is 57.0 Å². The van der Waals surface area contributed by atoms with Gasteiger partial charge in [-0.1, -0.05) is 24.3 Å². The third-order valence-electron chi connectivity index (χ3n) is 6.46. The highest BCUT2D eigenvalue weighted by Crippen LogP contribution is 2.37. The second-order valence-corrected chi connectivity index (χ2v) is 10.3. The number of alkyl halides is 6. The van der Waals surface area contributed by atoms with Crippen molar-refractivity contribution in [1.29, 1.82) is 0 Å². The summed E-state index contributed by atoms with van der Waals surface area (Å²) in [6, 6.07) is 17.8. The molecule has 0 aliphatic carbocycles. The van der Waals surface area contributed by atoms with Crippen LogP contribution in [0, 0.1) is 27.2 Å². The van der Waals surface area contributed by atoms with Crippen molar-refractivity contribution in [3.63, 3.8) is 0 Å². The average Bonchev–Trinajstić information content (AvgIpc) is 2.96. The number of hydrogen-bond acceptors (Lipinski definition) is 8. The number of non-ortho nitro benzene ring substituents is 1. The number of benzene rings is 4. The lowest BCUT2D eigenvalue weighted by Gasteiger charge is -2.19. The van der Waals surface area contributed by atoms with Crippen molar-refractivity contribution >= 4 is 22.7 Å². The maximum Gasteiger partial charge on any atom is 0.573 e. The van der Waals surface area contributed by atoms with Gasteiger partial charge >= 0.3 is 12.7 Å². The molecular weight excluding hydrogens is 638 g/mol. The fraction of sp³-hybridized carbons (Fsp3) is 0.226. The molecule has 0 amide bonds. The number of nitro benzene ring substituents is 2. The lowest BCUT2D eigenvalue weighted by molar-refractivity contribution is -0.385. The van der Waals surface area contributed by atoms with Gasteiger partial charge in [0.25, 0.3) is 11.4 Å². The second-order valence-electron chi connectivity index (χ2n) is 10.3. The van der Waals surface area contributed by atoms with E-state index in [1.165, 1.54) is 66.7 Å². The zero-order valence-electron chi connectivity index (χ0n) is 25.5. The van der Waals surface area contributed by atoms with E-state index in [0.717, 1.165) is 5.69 Å². The molecule has 16 heteroatoms. The number of nitro groups is 2. The first-order valence-electron chi connectivity index (χ1n) is 13.4. The molecule has 0 heterocycles. The Morgan fingerprint density at radius 3 is 1.38 bits per heavy atom. The molecule has 0 unspecified atom stereocenters. The lowest BCUT2D eigenvalue weighted by Crippen LogP contribution is -2.17. The predicted molar refractivity (Wildman–Crippen MR) is 164 cm³/mol. The quantitative estimate of drug-likeness (QED) is 0.104. The minimum atomic E-state index is -4.76. The molecule has 10 nitrogen and oxygen atoms in total. The maximum atomic E-state index is 12.2. The van der Waals surface area contributed by atoms with Gasteiger partial charge in [-0.2, -0.15) is 0 Å². The van der Waals surface area contributed by atoms with E-state index in [2.05, 4.69) is 9.47 Å². The van der Waals surface area contributed by atoms with Crippen molar-refractivity contribution in [2.24, 2.45) is 0 Å². The summed E-state index contributed by atoms with van der Waals surface area (Å²) in [6.45, 7) is 1.63. The Morgan fingerprint density at radius 2 is 1.02 bits per heavy atom. The summed E-state index contributed by atoms with van der Waals surface area (Å²) in [5, 5.41) is 22.1. The van der Waals surface area contributed by atoms with Crippen LogP contribution in [-0.2, 0) is 0 Å². The van der Waals surface area contributed by atoms with Gasteiger partial charge < -0.3 is 19.3 Å². The molecule has 0 saturated heterocycles. The number of halogens is 6. The molecule has 0 bridgehead atoms. The van der Waals surface area contributed by atoms with Gasteiger partial charge in [0.05, 0.1) is 9.85 Å². The maximum absolute atomic E-state index is 12.2. The predicted octanol–water partition coefficient (Wildman–Crippen LogP) is 8.76. The fourth-order valence-corrected chi connectivity index (χ4v) is 4.41. The summed E-state index contributed by atoms with van der Waals surface area (Å²) in [4.78, 5) is 24.6. The minimum Gasteiger partial charge on any atom is -0.406 e. The van der Waals surface area contributed by atoms with Crippen molar-refractivity contribution < 1.29 is 45.7 Å². The third kappa shape index (κ3) is 9.97. The molecule has 0 saturated carbocycles. The van der Waals surface area contributed by atoms with Gasteiger partial charge in [-0.25, -0.2) is 0 Å². The zero-order valence-corrected chi connectivity index (χ0v) is 25.5. The van der Waals surface area contributed by atoms with E-state index >= 15 is 0 Å². The van der Waals surface area contributed by atoms with Crippen LogP contribution in [0.15, 0.2) is 78.9 Å². The third-order valence-corrected chi connectivity index (χ3v) is 6.46. The smallest absolute Gasteiger partial charge is 0.406 e. The van der Waals surface area contributed by atoms with Crippen molar-refractivity contribution in [2.45, 2.75) is 19.6 Å². The fourth-order valence-electron chi connectivity index (χ4n) is 4.41. The van der Waals surface area contributed by atoms with Crippen molar-refractivity contribution in [2.75, 3.05) is 38.0 Å². The van der Waals surface area contributed by atoms with Crippen LogP contribution in [-0.4, -0.2) is 50.8 Å². The molecule has 0 N–H and O–H groups in total. The summed E-state index contributed by atoms with van der Waals surface area (Å²) < 4.78 is 80.8. The summed E-state index contributed by atoms with van der Waals surface area (Å²) in [5.74, 6) is -0.697. The normalized spacial score (nSPS) is 11.2. The second kappa shape index (κ2) is 14.3. The van der Waals surface area contributed by atoms with Gasteiger partial charge in [-0.3, -0.25) is 20.2 Å². The summed E-state index contributed by atoms with van der Waals surface area (Å²) in [7, 11) is 7.11. The van der Waals surface area contributed by atoms with Crippen LogP contribution in [0.2, 0.25) is 0 Å². The van der Waals surface area contributed by atoms with Crippen LogP contribution in [0.1, 0.15) is 5.56 Å². The Morgan fingerprint density at radius 1 is 0.596 bits per heavy atom. The SMILES string of the molecule is CN(C)c1ccc([N+](=O)[O-])cc1-c1ccc(OC(F)(F)F)cc1.Cc1cc(N(C)C)c(-c2ccc(OC(F)(F)F)cc2)cc1[N+](=O)[O-]. The number of hydrogen-bond donors (Lipinski definition) is 0. The van der Waals surface area contributed by atoms with Gasteiger partial charge in [-0.05, 0) is 54.4 Å². The molecule has 0 fully saturated rings. The summed E-state index contributed by atoms with van der Waals surface area (Å²) in [5.41, 5.74) is 3.99. The number of rotatable bonds is 8. The molecule has 0 aliphatic rings.